The Morgan fingerprint density at radius 2 is 1.81 bits per heavy atom. The molecule has 3 heterocycles. The number of carbonyl (C=O) groups excluding carboxylic acids is 4. The molecule has 0 radical (unpaired) electrons. The summed E-state index contributed by atoms with van der Waals surface area (Å²) in [6.07, 6.45) is 4.63. The molecular weight excluding hydrogens is 464 g/mol. The van der Waals surface area contributed by atoms with Gasteiger partial charge in [0.05, 0.1) is 12.5 Å². The van der Waals surface area contributed by atoms with E-state index in [2.05, 4.69) is 0 Å². The van der Waals surface area contributed by atoms with E-state index < -0.39 is 63.4 Å². The van der Waals surface area contributed by atoms with E-state index in [0.717, 1.165) is 0 Å². The lowest BCUT2D eigenvalue weighted by molar-refractivity contribution is -0.243. The van der Waals surface area contributed by atoms with Gasteiger partial charge in [0.25, 0.3) is 0 Å². The van der Waals surface area contributed by atoms with Gasteiger partial charge >= 0.3 is 11.9 Å². The summed E-state index contributed by atoms with van der Waals surface area (Å²) in [7, 11) is 0. The maximum atomic E-state index is 14.4. The largest absolute Gasteiger partial charge is 0.472 e. The van der Waals surface area contributed by atoms with Gasteiger partial charge < -0.3 is 18.6 Å². The molecule has 2 saturated heterocycles. The quantitative estimate of drug-likeness (QED) is 0.450. The number of cyclic esters (lactones) is 1. The molecule has 5 aliphatic rings. The van der Waals surface area contributed by atoms with Crippen molar-refractivity contribution in [1.82, 2.24) is 0 Å². The van der Waals surface area contributed by atoms with Gasteiger partial charge in [-0.25, -0.2) is 4.79 Å². The van der Waals surface area contributed by atoms with Crippen molar-refractivity contribution < 1.29 is 37.8 Å². The Hall–Kier alpha value is -2.74. The third-order valence-corrected chi connectivity index (χ3v) is 10.5. The molecule has 4 fully saturated rings. The third-order valence-electron chi connectivity index (χ3n) is 10.5. The zero-order valence-corrected chi connectivity index (χ0v) is 21.5. The normalized spacial score (nSPS) is 48.2. The maximum absolute atomic E-state index is 14.4. The molecule has 9 atom stereocenters. The summed E-state index contributed by atoms with van der Waals surface area (Å²) in [5, 5.41) is 0. The van der Waals surface area contributed by atoms with E-state index in [9.17, 15) is 19.2 Å². The van der Waals surface area contributed by atoms with E-state index in [1.807, 2.05) is 40.7 Å². The molecule has 0 N–H and O–H groups in total. The van der Waals surface area contributed by atoms with Gasteiger partial charge in [0.1, 0.15) is 23.6 Å². The zero-order valence-electron chi connectivity index (χ0n) is 21.5. The number of fused-ring (bicyclic) bond motifs is 3. The van der Waals surface area contributed by atoms with Crippen LogP contribution in [0.2, 0.25) is 0 Å². The van der Waals surface area contributed by atoms with Crippen LogP contribution in [0.5, 0.6) is 0 Å². The Morgan fingerprint density at radius 3 is 2.44 bits per heavy atom. The highest BCUT2D eigenvalue weighted by atomic mass is 16.7. The van der Waals surface area contributed by atoms with Gasteiger partial charge in [0.15, 0.2) is 11.9 Å². The van der Waals surface area contributed by atoms with Crippen molar-refractivity contribution in [3.05, 3.63) is 36.3 Å². The fraction of sp³-hybridized carbons (Fsp3) is 0.643. The lowest BCUT2D eigenvalue weighted by Gasteiger charge is -2.67. The first-order valence-electron chi connectivity index (χ1n) is 12.6. The minimum absolute atomic E-state index is 0.00882. The first-order valence-corrected chi connectivity index (χ1v) is 12.6. The van der Waals surface area contributed by atoms with Gasteiger partial charge in [-0.3, -0.25) is 14.4 Å². The summed E-state index contributed by atoms with van der Waals surface area (Å²) >= 11 is 0. The van der Waals surface area contributed by atoms with Crippen molar-refractivity contribution in [1.29, 1.82) is 0 Å². The molecular formula is C28H32O8. The van der Waals surface area contributed by atoms with Crippen LogP contribution in [-0.4, -0.2) is 41.3 Å². The van der Waals surface area contributed by atoms with E-state index in [1.165, 1.54) is 19.5 Å². The second kappa shape index (κ2) is 6.77. The molecule has 1 aromatic rings. The Bertz CT molecular complexity index is 1230. The third kappa shape index (κ3) is 2.44. The second-order valence-electron chi connectivity index (χ2n) is 12.6. The van der Waals surface area contributed by atoms with E-state index in [-0.39, 0.29) is 23.9 Å². The summed E-state index contributed by atoms with van der Waals surface area (Å²) in [5.74, 6) is -1.86. The number of hydrogen-bond donors (Lipinski definition) is 0. The fourth-order valence-corrected chi connectivity index (χ4v) is 9.05. The molecule has 1 unspecified atom stereocenters. The van der Waals surface area contributed by atoms with Crippen molar-refractivity contribution in [2.45, 2.75) is 78.3 Å². The van der Waals surface area contributed by atoms with Crippen LogP contribution in [0.1, 0.15) is 66.1 Å². The van der Waals surface area contributed by atoms with E-state index >= 15 is 0 Å². The number of epoxide rings is 1. The van der Waals surface area contributed by atoms with E-state index in [0.29, 0.717) is 12.0 Å². The zero-order chi connectivity index (χ0) is 26.1. The summed E-state index contributed by atoms with van der Waals surface area (Å²) in [6.45, 7) is 11.0. The van der Waals surface area contributed by atoms with Crippen molar-refractivity contribution in [2.75, 3.05) is 0 Å². The molecule has 192 valence electrons. The Kier molecular flexibility index (Phi) is 4.44. The van der Waals surface area contributed by atoms with Gasteiger partial charge in [0, 0.05) is 46.5 Å². The first-order chi connectivity index (χ1) is 16.7. The monoisotopic (exact) mass is 496 g/mol. The lowest BCUT2D eigenvalue weighted by atomic mass is 9.35. The summed E-state index contributed by atoms with van der Waals surface area (Å²) < 4.78 is 23.6. The van der Waals surface area contributed by atoms with Crippen LogP contribution >= 0.6 is 0 Å². The van der Waals surface area contributed by atoms with Crippen LogP contribution in [0.25, 0.3) is 0 Å². The van der Waals surface area contributed by atoms with Crippen molar-refractivity contribution in [2.24, 2.45) is 33.5 Å². The van der Waals surface area contributed by atoms with Crippen molar-refractivity contribution in [3.8, 4) is 0 Å². The molecule has 3 aliphatic carbocycles. The van der Waals surface area contributed by atoms with Crippen LogP contribution in [-0.2, 0) is 33.4 Å². The molecule has 0 bridgehead atoms. The summed E-state index contributed by atoms with van der Waals surface area (Å²) in [5.41, 5.74) is -3.84. The Balaban J connectivity index is 1.59. The predicted molar refractivity (Wildman–Crippen MR) is 124 cm³/mol. The lowest BCUT2D eigenvalue weighted by Crippen LogP contribution is -2.75. The fourth-order valence-electron chi connectivity index (χ4n) is 9.05. The average Bonchev–Trinajstić information content (AvgIpc) is 3.36. The number of hydrogen-bond acceptors (Lipinski definition) is 8. The molecule has 2 saturated carbocycles. The molecule has 8 nitrogen and oxygen atoms in total. The smallest absolute Gasteiger partial charge is 0.339 e. The number of Topliss-reactive ketones (excluding diaryl/α,β-unsaturated/α-hetero) is 1. The number of furan rings is 1. The predicted octanol–water partition coefficient (Wildman–Crippen LogP) is 3.74. The highest BCUT2D eigenvalue weighted by molar-refractivity contribution is 5.97. The summed E-state index contributed by atoms with van der Waals surface area (Å²) in [6, 6.07) is 1.73. The van der Waals surface area contributed by atoms with Crippen LogP contribution in [0, 0.1) is 33.5 Å². The van der Waals surface area contributed by atoms with Gasteiger partial charge in [-0.1, -0.05) is 40.7 Å². The van der Waals surface area contributed by atoms with Crippen LogP contribution in [0.15, 0.2) is 35.2 Å². The van der Waals surface area contributed by atoms with Crippen LogP contribution in [0.3, 0.4) is 0 Å². The summed E-state index contributed by atoms with van der Waals surface area (Å²) in [4.78, 5) is 53.0. The molecule has 6 rings (SSSR count). The Morgan fingerprint density at radius 1 is 1.08 bits per heavy atom. The van der Waals surface area contributed by atoms with E-state index in [4.69, 9.17) is 18.6 Å². The Labute approximate surface area is 209 Å². The molecule has 1 aromatic heterocycles. The highest BCUT2D eigenvalue weighted by Gasteiger charge is 2.90. The SMILES string of the molecule is CC(=O)O[C@@H]1C[C@H]2C(C)(C)C(=O)C=C[C@]2(C)C2C(=O)C[C@@]3(C)[C@H](c4ccoc4)OC(=O)[C@H]4O[C@]43[C@@]21C. The standard InChI is InChI=1S/C28H32O8/c1-14(29)34-19-11-17-24(2,3)18(31)7-9-25(17,4)20-16(30)12-26(5)21(15-8-10-33-13-15)35-23(32)22-28(26,36-22)27(19,20)6/h7-10,13,17,19-22H,11-12H2,1-6H3/t17-,19+,20?,21-,22+,25-,26-,27+,28+/m0/s1. The van der Waals surface area contributed by atoms with Gasteiger partial charge in [-0.15, -0.1) is 0 Å². The van der Waals surface area contributed by atoms with Crippen LogP contribution < -0.4 is 0 Å². The number of rotatable bonds is 2. The molecule has 0 aromatic carbocycles. The number of ketones is 2. The molecule has 0 amide bonds. The van der Waals surface area contributed by atoms with Crippen molar-refractivity contribution in [3.63, 3.8) is 0 Å². The number of carbonyl (C=O) groups is 4. The van der Waals surface area contributed by atoms with Gasteiger partial charge in [0.2, 0.25) is 0 Å². The average molecular weight is 497 g/mol. The maximum Gasteiger partial charge on any atom is 0.339 e. The molecule has 1 spiro atoms. The minimum atomic E-state index is -1.09. The topological polar surface area (TPSA) is 112 Å². The van der Waals surface area contributed by atoms with Gasteiger partial charge in [-0.05, 0) is 24.5 Å². The number of allylic oxidation sites excluding steroid dienone is 2. The molecule has 2 aliphatic heterocycles. The number of esters is 2. The highest BCUT2D eigenvalue weighted by Crippen LogP contribution is 2.79. The number of ether oxygens (including phenoxy) is 3. The molecule has 36 heavy (non-hydrogen) atoms. The second-order valence-corrected chi connectivity index (χ2v) is 12.6. The minimum Gasteiger partial charge on any atom is -0.472 e. The van der Waals surface area contributed by atoms with Crippen molar-refractivity contribution >= 4 is 23.5 Å². The molecule has 8 heteroatoms. The van der Waals surface area contributed by atoms with E-state index in [1.54, 1.807) is 12.1 Å². The van der Waals surface area contributed by atoms with Gasteiger partial charge in [-0.2, -0.15) is 0 Å². The first kappa shape index (κ1) is 23.6. The van der Waals surface area contributed by atoms with Crippen LogP contribution in [0.4, 0.5) is 0 Å².